The normalized spacial score (nSPS) is 14.5. The molecule has 0 bridgehead atoms. The van der Waals surface area contributed by atoms with E-state index >= 15 is 0 Å². The van der Waals surface area contributed by atoms with Gasteiger partial charge in [0.05, 0.1) is 6.61 Å². The predicted octanol–water partition coefficient (Wildman–Crippen LogP) is 3.06. The monoisotopic (exact) mass is 284 g/mol. The third kappa shape index (κ3) is 5.49. The number of hydrogen-bond donors (Lipinski definition) is 1. The zero-order valence-corrected chi connectivity index (χ0v) is 11.8. The van der Waals surface area contributed by atoms with Crippen LogP contribution in [0.5, 0.6) is 0 Å². The largest absolute Gasteiger partial charge is 0.471 e. The molecule has 0 amide bonds. The van der Waals surface area contributed by atoms with E-state index in [0.29, 0.717) is 5.56 Å². The van der Waals surface area contributed by atoms with Crippen LogP contribution < -0.4 is 0 Å². The highest BCUT2D eigenvalue weighted by Gasteiger charge is 2.18. The Labute approximate surface area is 112 Å². The number of hydrogen-bond acceptors (Lipinski definition) is 4. The minimum absolute atomic E-state index is 0.0210. The molecule has 1 aromatic rings. The van der Waals surface area contributed by atoms with Crippen molar-refractivity contribution in [1.82, 2.24) is 0 Å². The lowest BCUT2D eigenvalue weighted by atomic mass is 10.1. The second-order valence-electron chi connectivity index (χ2n) is 3.78. The molecule has 1 N–H and O–H groups in total. The molecule has 1 rings (SSSR count). The van der Waals surface area contributed by atoms with Crippen LogP contribution >= 0.6 is 7.82 Å². The molecule has 0 radical (unpaired) electrons. The van der Waals surface area contributed by atoms with Gasteiger partial charge < -0.3 is 4.89 Å². The summed E-state index contributed by atoms with van der Waals surface area (Å²) in [5.74, 6) is -0.151. The highest BCUT2D eigenvalue weighted by atomic mass is 31.2. The Hall–Kier alpha value is -1.26. The first-order valence-electron chi connectivity index (χ1n) is 5.77. The van der Waals surface area contributed by atoms with Gasteiger partial charge in [-0.25, -0.2) is 4.57 Å². The molecular formula is C13H17O5P. The Balaban J connectivity index is 2.59. The lowest BCUT2D eigenvalue weighted by Gasteiger charge is -2.08. The summed E-state index contributed by atoms with van der Waals surface area (Å²) in [4.78, 5) is 20.9. The van der Waals surface area contributed by atoms with Gasteiger partial charge in [0.1, 0.15) is 0 Å². The Morgan fingerprint density at radius 1 is 1.47 bits per heavy atom. The minimum Gasteiger partial charge on any atom is -0.303 e. The minimum atomic E-state index is -4.00. The van der Waals surface area contributed by atoms with Gasteiger partial charge in [0.15, 0.2) is 5.78 Å². The Morgan fingerprint density at radius 3 is 2.84 bits per heavy atom. The van der Waals surface area contributed by atoms with Crippen molar-refractivity contribution in [1.29, 1.82) is 0 Å². The molecule has 19 heavy (non-hydrogen) atoms. The molecule has 1 aromatic carbocycles. The van der Waals surface area contributed by atoms with E-state index in [2.05, 4.69) is 9.05 Å². The van der Waals surface area contributed by atoms with Gasteiger partial charge in [0.2, 0.25) is 0 Å². The van der Waals surface area contributed by atoms with Crippen molar-refractivity contribution in [3.8, 4) is 0 Å². The number of benzene rings is 1. The molecule has 1 atom stereocenters. The quantitative estimate of drug-likeness (QED) is 0.615. The Kier molecular flexibility index (Phi) is 6.12. The summed E-state index contributed by atoms with van der Waals surface area (Å²) in [5, 5.41) is 0. The molecule has 104 valence electrons. The topological polar surface area (TPSA) is 72.8 Å². The molecule has 0 fully saturated rings. The third-order valence-corrected chi connectivity index (χ3v) is 3.35. The summed E-state index contributed by atoms with van der Waals surface area (Å²) in [6.45, 7) is 1.74. The molecule has 0 saturated carbocycles. The molecular weight excluding hydrogens is 267 g/mol. The smallest absolute Gasteiger partial charge is 0.303 e. The summed E-state index contributed by atoms with van der Waals surface area (Å²) in [6, 6.07) is 7.14. The number of ketones is 1. The predicted molar refractivity (Wildman–Crippen MR) is 72.9 cm³/mol. The summed E-state index contributed by atoms with van der Waals surface area (Å²) in [7, 11) is -2.93. The van der Waals surface area contributed by atoms with Crippen molar-refractivity contribution in [3.05, 3.63) is 41.5 Å². The van der Waals surface area contributed by atoms with Crippen LogP contribution in [0.3, 0.4) is 0 Å². The number of phosphoric acid groups is 1. The molecule has 0 spiro atoms. The zero-order chi connectivity index (χ0) is 14.3. The second kappa shape index (κ2) is 7.36. The van der Waals surface area contributed by atoms with Crippen LogP contribution in [0.15, 0.2) is 30.3 Å². The van der Waals surface area contributed by atoms with Crippen LogP contribution in [-0.4, -0.2) is 24.4 Å². The Bertz CT molecular complexity index is 510. The van der Waals surface area contributed by atoms with E-state index in [9.17, 15) is 9.36 Å². The van der Waals surface area contributed by atoms with Crippen LogP contribution in [0.2, 0.25) is 0 Å². The number of Topliss-reactive ketones (excluding diaryl/α,β-unsaturated/α-hetero) is 1. The number of carbonyl (C=O) groups excluding carboxylic acids is 1. The van der Waals surface area contributed by atoms with Crippen LogP contribution in [-0.2, 0) is 13.6 Å². The SMILES string of the molecule is C/C=C/c1cccc(C(=O)CCOP(=O)(O)OC)c1. The van der Waals surface area contributed by atoms with Gasteiger partial charge >= 0.3 is 7.82 Å². The van der Waals surface area contributed by atoms with Crippen molar-refractivity contribution >= 4 is 19.7 Å². The molecule has 6 heteroatoms. The molecule has 0 saturated heterocycles. The molecule has 0 aliphatic heterocycles. The number of allylic oxidation sites excluding steroid dienone is 1. The summed E-state index contributed by atoms with van der Waals surface area (Å²) >= 11 is 0. The third-order valence-electron chi connectivity index (χ3n) is 2.38. The fourth-order valence-corrected chi connectivity index (χ4v) is 1.89. The zero-order valence-electron chi connectivity index (χ0n) is 10.9. The fourth-order valence-electron chi connectivity index (χ4n) is 1.46. The highest BCUT2D eigenvalue weighted by Crippen LogP contribution is 2.41. The van der Waals surface area contributed by atoms with E-state index in [4.69, 9.17) is 4.89 Å². The van der Waals surface area contributed by atoms with E-state index < -0.39 is 7.82 Å². The standard InChI is InChI=1S/C13H17O5P/c1-3-5-11-6-4-7-12(10-11)13(14)8-9-18-19(15,16)17-2/h3-7,10H,8-9H2,1-2H3,(H,15,16)/b5-3+. The molecule has 5 nitrogen and oxygen atoms in total. The Morgan fingerprint density at radius 2 is 2.21 bits per heavy atom. The van der Waals surface area contributed by atoms with E-state index in [1.165, 1.54) is 0 Å². The van der Waals surface area contributed by atoms with Gasteiger partial charge in [0, 0.05) is 19.1 Å². The molecule has 0 aliphatic rings. The second-order valence-corrected chi connectivity index (χ2v) is 5.34. The van der Waals surface area contributed by atoms with E-state index in [0.717, 1.165) is 12.7 Å². The van der Waals surface area contributed by atoms with Crippen LogP contribution in [0.1, 0.15) is 29.3 Å². The van der Waals surface area contributed by atoms with Crippen molar-refractivity contribution in [2.75, 3.05) is 13.7 Å². The van der Waals surface area contributed by atoms with Crippen LogP contribution in [0, 0.1) is 0 Å². The van der Waals surface area contributed by atoms with Gasteiger partial charge in [0.25, 0.3) is 0 Å². The van der Waals surface area contributed by atoms with Crippen molar-refractivity contribution in [2.45, 2.75) is 13.3 Å². The van der Waals surface area contributed by atoms with Gasteiger partial charge in [-0.05, 0) is 18.6 Å². The number of rotatable bonds is 7. The average Bonchev–Trinajstić information content (AvgIpc) is 2.39. The van der Waals surface area contributed by atoms with E-state index in [1.807, 2.05) is 25.1 Å². The molecule has 0 heterocycles. The first-order chi connectivity index (χ1) is 8.98. The molecule has 0 aliphatic carbocycles. The number of carbonyl (C=O) groups is 1. The summed E-state index contributed by atoms with van der Waals surface area (Å²) in [6.07, 6.45) is 3.79. The fraction of sp³-hybridized carbons (Fsp3) is 0.308. The first kappa shape index (κ1) is 15.8. The van der Waals surface area contributed by atoms with E-state index in [-0.39, 0.29) is 18.8 Å². The lowest BCUT2D eigenvalue weighted by molar-refractivity contribution is 0.0947. The van der Waals surface area contributed by atoms with Gasteiger partial charge in [-0.15, -0.1) is 0 Å². The number of phosphoric ester groups is 1. The summed E-state index contributed by atoms with van der Waals surface area (Å²) in [5.41, 5.74) is 1.48. The first-order valence-corrected chi connectivity index (χ1v) is 7.27. The highest BCUT2D eigenvalue weighted by molar-refractivity contribution is 7.47. The van der Waals surface area contributed by atoms with Gasteiger partial charge in [-0.2, -0.15) is 0 Å². The van der Waals surface area contributed by atoms with E-state index in [1.54, 1.807) is 18.2 Å². The average molecular weight is 284 g/mol. The summed E-state index contributed by atoms with van der Waals surface area (Å²) < 4.78 is 19.9. The molecule has 1 unspecified atom stereocenters. The van der Waals surface area contributed by atoms with Gasteiger partial charge in [-0.3, -0.25) is 13.8 Å². The van der Waals surface area contributed by atoms with Crippen LogP contribution in [0.4, 0.5) is 0 Å². The maximum atomic E-state index is 11.9. The van der Waals surface area contributed by atoms with Crippen molar-refractivity contribution in [3.63, 3.8) is 0 Å². The van der Waals surface area contributed by atoms with Gasteiger partial charge in [-0.1, -0.05) is 30.4 Å². The maximum absolute atomic E-state index is 11.9. The lowest BCUT2D eigenvalue weighted by Crippen LogP contribution is -2.04. The van der Waals surface area contributed by atoms with Crippen molar-refractivity contribution < 1.29 is 23.3 Å². The molecule has 0 aromatic heterocycles. The van der Waals surface area contributed by atoms with Crippen molar-refractivity contribution in [2.24, 2.45) is 0 Å². The maximum Gasteiger partial charge on any atom is 0.471 e. The van der Waals surface area contributed by atoms with Crippen LogP contribution in [0.25, 0.3) is 6.08 Å².